The molecule has 0 aromatic carbocycles. The molecule has 1 heterocycles. The molecule has 1 amide bonds. The van der Waals surface area contributed by atoms with Gasteiger partial charge in [0.1, 0.15) is 17.7 Å². The van der Waals surface area contributed by atoms with Crippen molar-refractivity contribution in [3.05, 3.63) is 0 Å². The van der Waals surface area contributed by atoms with Crippen LogP contribution in [0.2, 0.25) is 0 Å². The summed E-state index contributed by atoms with van der Waals surface area (Å²) in [7, 11) is 0. The van der Waals surface area contributed by atoms with E-state index < -0.39 is 35.9 Å². The van der Waals surface area contributed by atoms with Gasteiger partial charge in [0.15, 0.2) is 0 Å². The number of carbonyl (C=O) groups excluding carboxylic acids is 1. The first kappa shape index (κ1) is 16.7. The maximum Gasteiger partial charge on any atom is 0.410 e. The molecule has 1 fully saturated rings. The number of nitrogens with two attached hydrogens (primary N) is 1. The number of rotatable bonds is 3. The SMILES string of the molecule is CC(C)(C)OC(=O)N1CCCCC1C(O)C(N)C(=O)O. The lowest BCUT2D eigenvalue weighted by atomic mass is 9.94. The van der Waals surface area contributed by atoms with Crippen LogP contribution in [0.3, 0.4) is 0 Å². The number of hydrogen-bond donors (Lipinski definition) is 3. The minimum Gasteiger partial charge on any atom is -0.480 e. The van der Waals surface area contributed by atoms with Crippen LogP contribution in [0.4, 0.5) is 4.79 Å². The van der Waals surface area contributed by atoms with E-state index >= 15 is 0 Å². The fourth-order valence-corrected chi connectivity index (χ4v) is 2.25. The second kappa shape index (κ2) is 6.41. The van der Waals surface area contributed by atoms with Crippen molar-refractivity contribution in [1.29, 1.82) is 0 Å². The van der Waals surface area contributed by atoms with Gasteiger partial charge in [0.25, 0.3) is 0 Å². The lowest BCUT2D eigenvalue weighted by Gasteiger charge is -2.39. The quantitative estimate of drug-likeness (QED) is 0.699. The fourth-order valence-electron chi connectivity index (χ4n) is 2.25. The number of aliphatic hydroxyl groups is 1. The molecule has 0 bridgehead atoms. The zero-order valence-corrected chi connectivity index (χ0v) is 12.2. The summed E-state index contributed by atoms with van der Waals surface area (Å²) in [5, 5.41) is 18.9. The number of ether oxygens (including phenoxy) is 1. The Hall–Kier alpha value is -1.34. The molecule has 0 saturated carbocycles. The Kier molecular flexibility index (Phi) is 5.35. The van der Waals surface area contributed by atoms with Crippen LogP contribution < -0.4 is 5.73 Å². The third kappa shape index (κ3) is 4.35. The summed E-state index contributed by atoms with van der Waals surface area (Å²) >= 11 is 0. The van der Waals surface area contributed by atoms with Crippen molar-refractivity contribution in [1.82, 2.24) is 4.90 Å². The van der Waals surface area contributed by atoms with Crippen molar-refractivity contribution in [3.8, 4) is 0 Å². The standard InChI is InChI=1S/C13H24N2O5/c1-13(2,3)20-12(19)15-7-5-4-6-8(15)10(16)9(14)11(17)18/h8-10,16H,4-7,14H2,1-3H3,(H,17,18). The number of aliphatic carboxylic acids is 1. The molecular formula is C13H24N2O5. The van der Waals surface area contributed by atoms with Gasteiger partial charge in [-0.25, -0.2) is 4.79 Å². The van der Waals surface area contributed by atoms with Crippen LogP contribution in [0.25, 0.3) is 0 Å². The largest absolute Gasteiger partial charge is 0.480 e. The van der Waals surface area contributed by atoms with Gasteiger partial charge < -0.3 is 25.6 Å². The van der Waals surface area contributed by atoms with Crippen molar-refractivity contribution in [2.75, 3.05) is 6.54 Å². The predicted octanol–water partition coefficient (Wildman–Crippen LogP) is 0.549. The van der Waals surface area contributed by atoms with Gasteiger partial charge in [0.2, 0.25) is 0 Å². The second-order valence-electron chi connectivity index (χ2n) is 6.09. The molecule has 3 atom stereocenters. The van der Waals surface area contributed by atoms with Crippen LogP contribution >= 0.6 is 0 Å². The number of aliphatic hydroxyl groups excluding tert-OH is 1. The fraction of sp³-hybridized carbons (Fsp3) is 0.846. The van der Waals surface area contributed by atoms with Crippen LogP contribution in [0.5, 0.6) is 0 Å². The number of nitrogens with zero attached hydrogens (tertiary/aromatic N) is 1. The number of carboxylic acid groups (broad SMARTS) is 1. The van der Waals surface area contributed by atoms with Gasteiger partial charge in [-0.3, -0.25) is 4.79 Å². The number of carbonyl (C=O) groups is 2. The summed E-state index contributed by atoms with van der Waals surface area (Å²) in [5.41, 5.74) is 4.81. The summed E-state index contributed by atoms with van der Waals surface area (Å²) in [6.45, 7) is 5.69. The van der Waals surface area contributed by atoms with E-state index in [9.17, 15) is 14.7 Å². The average molecular weight is 288 g/mol. The molecule has 1 aliphatic rings. The van der Waals surface area contributed by atoms with Crippen LogP contribution in [0.1, 0.15) is 40.0 Å². The van der Waals surface area contributed by atoms with E-state index in [1.54, 1.807) is 20.8 Å². The van der Waals surface area contributed by atoms with Gasteiger partial charge in [-0.1, -0.05) is 0 Å². The molecule has 4 N–H and O–H groups in total. The Labute approximate surface area is 118 Å². The summed E-state index contributed by atoms with van der Waals surface area (Å²) in [6, 6.07) is -2.03. The van der Waals surface area contributed by atoms with Crippen molar-refractivity contribution in [2.24, 2.45) is 5.73 Å². The Morgan fingerprint density at radius 2 is 1.95 bits per heavy atom. The Balaban J connectivity index is 2.81. The van der Waals surface area contributed by atoms with Crippen LogP contribution in [-0.4, -0.2) is 57.5 Å². The summed E-state index contributed by atoms with van der Waals surface area (Å²) in [4.78, 5) is 24.4. The Morgan fingerprint density at radius 1 is 1.35 bits per heavy atom. The molecule has 1 saturated heterocycles. The van der Waals surface area contributed by atoms with E-state index in [1.807, 2.05) is 0 Å². The Bertz CT molecular complexity index is 366. The van der Waals surface area contributed by atoms with Crippen LogP contribution in [0, 0.1) is 0 Å². The predicted molar refractivity (Wildman–Crippen MR) is 72.2 cm³/mol. The van der Waals surface area contributed by atoms with Crippen molar-refractivity contribution in [2.45, 2.75) is 63.8 Å². The number of hydrogen-bond acceptors (Lipinski definition) is 5. The van der Waals surface area contributed by atoms with Crippen molar-refractivity contribution < 1.29 is 24.5 Å². The van der Waals surface area contributed by atoms with Crippen LogP contribution in [0.15, 0.2) is 0 Å². The van der Waals surface area contributed by atoms with E-state index in [0.29, 0.717) is 13.0 Å². The zero-order valence-electron chi connectivity index (χ0n) is 12.2. The van der Waals surface area contributed by atoms with Gasteiger partial charge in [0.05, 0.1) is 6.04 Å². The molecule has 0 aromatic heterocycles. The molecule has 116 valence electrons. The molecule has 7 heteroatoms. The maximum absolute atomic E-state index is 12.1. The van der Waals surface area contributed by atoms with Gasteiger partial charge >= 0.3 is 12.1 Å². The topological polar surface area (TPSA) is 113 Å². The number of piperidine rings is 1. The first-order chi connectivity index (χ1) is 9.13. The zero-order chi connectivity index (χ0) is 15.5. The van der Waals surface area contributed by atoms with E-state index in [2.05, 4.69) is 0 Å². The first-order valence-electron chi connectivity index (χ1n) is 6.79. The highest BCUT2D eigenvalue weighted by atomic mass is 16.6. The normalized spacial score (nSPS) is 23.1. The molecule has 3 unspecified atom stereocenters. The molecule has 1 aliphatic heterocycles. The number of likely N-dealkylation sites (tertiary alicyclic amines) is 1. The summed E-state index contributed by atoms with van der Waals surface area (Å²) in [5.74, 6) is -1.28. The lowest BCUT2D eigenvalue weighted by molar-refractivity contribution is -0.142. The number of amides is 1. The highest BCUT2D eigenvalue weighted by Gasteiger charge is 2.38. The average Bonchev–Trinajstić information content (AvgIpc) is 2.34. The smallest absolute Gasteiger partial charge is 0.410 e. The third-order valence-corrected chi connectivity index (χ3v) is 3.22. The van der Waals surface area contributed by atoms with E-state index in [1.165, 1.54) is 4.90 Å². The molecular weight excluding hydrogens is 264 g/mol. The highest BCUT2D eigenvalue weighted by Crippen LogP contribution is 2.23. The summed E-state index contributed by atoms with van der Waals surface area (Å²) in [6.07, 6.45) is 0.277. The second-order valence-corrected chi connectivity index (χ2v) is 6.09. The molecule has 0 aromatic rings. The first-order valence-corrected chi connectivity index (χ1v) is 6.79. The molecule has 0 spiro atoms. The van der Waals surface area contributed by atoms with Gasteiger partial charge in [-0.15, -0.1) is 0 Å². The molecule has 0 aliphatic carbocycles. The highest BCUT2D eigenvalue weighted by molar-refractivity contribution is 5.74. The van der Waals surface area contributed by atoms with Gasteiger partial charge in [0, 0.05) is 6.54 Å². The Morgan fingerprint density at radius 3 is 2.45 bits per heavy atom. The maximum atomic E-state index is 12.1. The van der Waals surface area contributed by atoms with Crippen LogP contribution in [-0.2, 0) is 9.53 Å². The van der Waals surface area contributed by atoms with Gasteiger partial charge in [-0.05, 0) is 40.0 Å². The van der Waals surface area contributed by atoms with E-state index in [0.717, 1.165) is 12.8 Å². The van der Waals surface area contributed by atoms with E-state index in [-0.39, 0.29) is 0 Å². The third-order valence-electron chi connectivity index (χ3n) is 3.22. The minimum absolute atomic E-state index is 0.434. The molecule has 1 rings (SSSR count). The monoisotopic (exact) mass is 288 g/mol. The molecule has 7 nitrogen and oxygen atoms in total. The van der Waals surface area contributed by atoms with Gasteiger partial charge in [-0.2, -0.15) is 0 Å². The summed E-state index contributed by atoms with van der Waals surface area (Å²) < 4.78 is 5.29. The number of carboxylic acids is 1. The lowest BCUT2D eigenvalue weighted by Crippen LogP contribution is -2.58. The van der Waals surface area contributed by atoms with E-state index in [4.69, 9.17) is 15.6 Å². The van der Waals surface area contributed by atoms with Crippen molar-refractivity contribution in [3.63, 3.8) is 0 Å². The minimum atomic E-state index is -1.41. The molecule has 0 radical (unpaired) electrons. The molecule has 20 heavy (non-hydrogen) atoms. The van der Waals surface area contributed by atoms with Crippen molar-refractivity contribution >= 4 is 12.1 Å².